The molecule has 2 aliphatic rings. The summed E-state index contributed by atoms with van der Waals surface area (Å²) in [6.07, 6.45) is 1.03. The minimum Gasteiger partial charge on any atom is -0.379 e. The van der Waals surface area contributed by atoms with Gasteiger partial charge in [-0.3, -0.25) is 4.90 Å². The van der Waals surface area contributed by atoms with Gasteiger partial charge in [-0.05, 0) is 54.7 Å². The van der Waals surface area contributed by atoms with Gasteiger partial charge in [0.2, 0.25) is 10.0 Å². The zero-order chi connectivity index (χ0) is 21.3. The van der Waals surface area contributed by atoms with Crippen LogP contribution in [0.1, 0.15) is 28.3 Å². The van der Waals surface area contributed by atoms with E-state index >= 15 is 0 Å². The van der Waals surface area contributed by atoms with E-state index in [1.54, 1.807) is 6.07 Å². The summed E-state index contributed by atoms with van der Waals surface area (Å²) in [6, 6.07) is 12.1. The van der Waals surface area contributed by atoms with Crippen molar-refractivity contribution in [3.05, 3.63) is 58.7 Å². The van der Waals surface area contributed by atoms with Crippen molar-refractivity contribution in [2.24, 2.45) is 0 Å². The largest absolute Gasteiger partial charge is 0.379 e. The van der Waals surface area contributed by atoms with E-state index in [-0.39, 0.29) is 6.04 Å². The van der Waals surface area contributed by atoms with Crippen LogP contribution in [0.5, 0.6) is 0 Å². The van der Waals surface area contributed by atoms with Crippen LogP contribution in [0.3, 0.4) is 0 Å². The summed E-state index contributed by atoms with van der Waals surface area (Å²) < 4.78 is 34.6. The molecule has 6 nitrogen and oxygen atoms in total. The highest BCUT2D eigenvalue weighted by Gasteiger charge is 2.27. The summed E-state index contributed by atoms with van der Waals surface area (Å²) in [5.74, 6) is 0. The first-order valence-corrected chi connectivity index (χ1v) is 12.1. The van der Waals surface area contributed by atoms with Gasteiger partial charge in [0.15, 0.2) is 0 Å². The van der Waals surface area contributed by atoms with E-state index in [9.17, 15) is 8.42 Å². The number of ether oxygens (including phenoxy) is 1. The summed E-state index contributed by atoms with van der Waals surface area (Å²) in [4.78, 5) is 4.96. The number of benzene rings is 2. The summed E-state index contributed by atoms with van der Waals surface area (Å²) in [5.41, 5.74) is 5.47. The fourth-order valence-corrected chi connectivity index (χ4v) is 5.77. The van der Waals surface area contributed by atoms with Crippen molar-refractivity contribution >= 4 is 15.7 Å². The van der Waals surface area contributed by atoms with Crippen LogP contribution in [0.25, 0.3) is 0 Å². The van der Waals surface area contributed by atoms with Gasteiger partial charge < -0.3 is 9.64 Å². The molecule has 1 N–H and O–H groups in total. The minimum atomic E-state index is -3.59. The van der Waals surface area contributed by atoms with E-state index in [1.165, 1.54) is 11.3 Å². The number of sulfonamides is 1. The maximum atomic E-state index is 13.1. The van der Waals surface area contributed by atoms with Crippen molar-refractivity contribution in [3.8, 4) is 0 Å². The second-order valence-electron chi connectivity index (χ2n) is 8.34. The Labute approximate surface area is 179 Å². The van der Waals surface area contributed by atoms with Crippen LogP contribution < -0.4 is 9.62 Å². The Morgan fingerprint density at radius 1 is 1.07 bits per heavy atom. The van der Waals surface area contributed by atoms with Gasteiger partial charge in [0.25, 0.3) is 0 Å². The molecule has 0 unspecified atom stereocenters. The Balaban J connectivity index is 1.60. The number of anilines is 1. The number of nitrogens with one attached hydrogen (secondary N) is 1. The minimum absolute atomic E-state index is 0.0232. The average molecular weight is 430 g/mol. The SMILES string of the molecule is Cc1ccc(C)c(S(=O)(=O)NC[C@@H](c2ccc3c(c2)CCN3C)N2CCOCC2)c1. The van der Waals surface area contributed by atoms with Crippen molar-refractivity contribution < 1.29 is 13.2 Å². The number of nitrogens with zero attached hydrogens (tertiary/aromatic N) is 2. The van der Waals surface area contributed by atoms with Crippen LogP contribution in [0.4, 0.5) is 5.69 Å². The van der Waals surface area contributed by atoms with E-state index in [2.05, 4.69) is 39.8 Å². The van der Waals surface area contributed by atoms with Gasteiger partial charge in [0.05, 0.1) is 18.1 Å². The zero-order valence-electron chi connectivity index (χ0n) is 18.0. The van der Waals surface area contributed by atoms with Gasteiger partial charge in [0, 0.05) is 45.0 Å². The van der Waals surface area contributed by atoms with Gasteiger partial charge in [0.1, 0.15) is 0 Å². The lowest BCUT2D eigenvalue weighted by atomic mass is 10.0. The molecule has 2 aromatic rings. The lowest BCUT2D eigenvalue weighted by Crippen LogP contribution is -2.43. The zero-order valence-corrected chi connectivity index (χ0v) is 18.8. The molecule has 162 valence electrons. The second-order valence-corrected chi connectivity index (χ2v) is 10.1. The van der Waals surface area contributed by atoms with Crippen LogP contribution in [-0.4, -0.2) is 59.8 Å². The number of morpholine rings is 1. The molecule has 7 heteroatoms. The van der Waals surface area contributed by atoms with Crippen LogP contribution in [-0.2, 0) is 21.2 Å². The molecule has 0 radical (unpaired) electrons. The predicted molar refractivity (Wildman–Crippen MR) is 120 cm³/mol. The maximum Gasteiger partial charge on any atom is 0.240 e. The maximum absolute atomic E-state index is 13.1. The highest BCUT2D eigenvalue weighted by atomic mass is 32.2. The third-order valence-electron chi connectivity index (χ3n) is 6.20. The van der Waals surface area contributed by atoms with Crippen molar-refractivity contribution in [2.75, 3.05) is 51.3 Å². The third-order valence-corrected chi connectivity index (χ3v) is 7.77. The quantitative estimate of drug-likeness (QED) is 0.765. The lowest BCUT2D eigenvalue weighted by Gasteiger charge is -2.35. The molecule has 0 spiro atoms. The summed E-state index contributed by atoms with van der Waals surface area (Å²) in [6.45, 7) is 8.06. The first-order chi connectivity index (χ1) is 14.3. The molecule has 2 aromatic carbocycles. The normalized spacial score (nSPS) is 18.4. The summed E-state index contributed by atoms with van der Waals surface area (Å²) in [7, 11) is -1.48. The van der Waals surface area contributed by atoms with E-state index in [0.717, 1.165) is 42.7 Å². The Kier molecular flexibility index (Phi) is 6.16. The Hall–Kier alpha value is -1.93. The molecule has 2 heterocycles. The highest BCUT2D eigenvalue weighted by molar-refractivity contribution is 7.89. The number of likely N-dealkylation sites (N-methyl/N-ethyl adjacent to an activating group) is 1. The lowest BCUT2D eigenvalue weighted by molar-refractivity contribution is 0.0172. The molecule has 0 aromatic heterocycles. The van der Waals surface area contributed by atoms with Gasteiger partial charge in [-0.15, -0.1) is 0 Å². The number of hydrogen-bond donors (Lipinski definition) is 1. The summed E-state index contributed by atoms with van der Waals surface area (Å²) >= 11 is 0. The molecule has 0 amide bonds. The Bertz CT molecular complexity index is 1020. The molecule has 0 aliphatic carbocycles. The monoisotopic (exact) mass is 429 g/mol. The third kappa shape index (κ3) is 4.39. The van der Waals surface area contributed by atoms with Crippen molar-refractivity contribution in [1.82, 2.24) is 9.62 Å². The van der Waals surface area contributed by atoms with E-state index in [4.69, 9.17) is 4.74 Å². The second kappa shape index (κ2) is 8.67. The molecule has 2 aliphatic heterocycles. The first-order valence-electron chi connectivity index (χ1n) is 10.6. The molecule has 0 bridgehead atoms. The summed E-state index contributed by atoms with van der Waals surface area (Å²) in [5, 5.41) is 0. The number of rotatable bonds is 6. The standard InChI is InChI=1S/C23H31N3O3S/c1-17-4-5-18(2)23(14-17)30(27,28)24-16-22(26-10-12-29-13-11-26)19-6-7-21-20(15-19)8-9-25(21)3/h4-7,14-15,22,24H,8-13,16H2,1-3H3/t22-/m0/s1. The van der Waals surface area contributed by atoms with Gasteiger partial charge >= 0.3 is 0 Å². The number of aryl methyl sites for hydroxylation is 2. The van der Waals surface area contributed by atoms with Gasteiger partial charge in [-0.2, -0.15) is 0 Å². The van der Waals surface area contributed by atoms with E-state index < -0.39 is 10.0 Å². The highest BCUT2D eigenvalue weighted by Crippen LogP contribution is 2.31. The van der Waals surface area contributed by atoms with Crippen LogP contribution in [0.2, 0.25) is 0 Å². The van der Waals surface area contributed by atoms with Crippen LogP contribution in [0, 0.1) is 13.8 Å². The van der Waals surface area contributed by atoms with E-state index in [1.807, 2.05) is 26.0 Å². The van der Waals surface area contributed by atoms with Crippen molar-refractivity contribution in [1.29, 1.82) is 0 Å². The molecule has 0 saturated carbocycles. The fraction of sp³-hybridized carbons (Fsp3) is 0.478. The molecule has 1 saturated heterocycles. The fourth-order valence-electron chi connectivity index (χ4n) is 4.40. The molecule has 1 atom stereocenters. The topological polar surface area (TPSA) is 61.9 Å². The molecular formula is C23H31N3O3S. The predicted octanol–water partition coefficient (Wildman–Crippen LogP) is 2.65. The first kappa shape index (κ1) is 21.3. The van der Waals surface area contributed by atoms with Crippen molar-refractivity contribution in [2.45, 2.75) is 31.2 Å². The van der Waals surface area contributed by atoms with Gasteiger partial charge in [-0.1, -0.05) is 24.3 Å². The smallest absolute Gasteiger partial charge is 0.240 e. The molecular weight excluding hydrogens is 398 g/mol. The molecule has 4 rings (SSSR count). The van der Waals surface area contributed by atoms with Gasteiger partial charge in [-0.25, -0.2) is 13.1 Å². The number of fused-ring (bicyclic) bond motifs is 1. The number of hydrogen-bond acceptors (Lipinski definition) is 5. The van der Waals surface area contributed by atoms with Crippen LogP contribution >= 0.6 is 0 Å². The van der Waals surface area contributed by atoms with Crippen LogP contribution in [0.15, 0.2) is 41.3 Å². The molecule has 30 heavy (non-hydrogen) atoms. The van der Waals surface area contributed by atoms with E-state index in [0.29, 0.717) is 24.7 Å². The Morgan fingerprint density at radius 3 is 2.60 bits per heavy atom. The van der Waals surface area contributed by atoms with Crippen molar-refractivity contribution in [3.63, 3.8) is 0 Å². The Morgan fingerprint density at radius 2 is 1.83 bits per heavy atom. The molecule has 1 fully saturated rings. The average Bonchev–Trinajstić information content (AvgIpc) is 3.11.